The number of hydrogen-bond acceptors (Lipinski definition) is 5. The van der Waals surface area contributed by atoms with E-state index in [0.717, 1.165) is 48.0 Å². The van der Waals surface area contributed by atoms with E-state index in [1.807, 2.05) is 42.5 Å². The number of ether oxygens (including phenoxy) is 2. The Hall–Kier alpha value is -2.79. The molecule has 3 rings (SSSR count). The third-order valence-corrected chi connectivity index (χ3v) is 4.26. The summed E-state index contributed by atoms with van der Waals surface area (Å²) >= 11 is 0. The van der Waals surface area contributed by atoms with E-state index in [4.69, 9.17) is 13.9 Å². The maximum Gasteiger partial charge on any atom is 0.226 e. The van der Waals surface area contributed by atoms with Gasteiger partial charge in [-0.25, -0.2) is 4.98 Å². The van der Waals surface area contributed by atoms with Crippen molar-refractivity contribution in [2.45, 2.75) is 20.0 Å². The average Bonchev–Trinajstić information content (AvgIpc) is 3.16. The molecule has 0 N–H and O–H groups in total. The second-order valence-electron chi connectivity index (χ2n) is 6.00. The molecule has 136 valence electrons. The molecule has 0 radical (unpaired) electrons. The summed E-state index contributed by atoms with van der Waals surface area (Å²) < 4.78 is 16.3. The van der Waals surface area contributed by atoms with Gasteiger partial charge in [0.2, 0.25) is 5.89 Å². The zero-order valence-electron chi connectivity index (χ0n) is 15.4. The first kappa shape index (κ1) is 18.0. The molecule has 0 fully saturated rings. The molecule has 0 amide bonds. The quantitative estimate of drug-likeness (QED) is 0.602. The van der Waals surface area contributed by atoms with Gasteiger partial charge in [0.05, 0.1) is 19.9 Å². The number of nitrogens with zero attached hydrogens (tertiary/aromatic N) is 2. The summed E-state index contributed by atoms with van der Waals surface area (Å²) in [6.07, 6.45) is 1.74. The Kier molecular flexibility index (Phi) is 5.92. The molecule has 0 unspecified atom stereocenters. The Morgan fingerprint density at radius 3 is 2.42 bits per heavy atom. The number of methoxy groups -OCH3 is 2. The number of aromatic nitrogens is 1. The van der Waals surface area contributed by atoms with Crippen molar-refractivity contribution in [3.05, 3.63) is 66.1 Å². The van der Waals surface area contributed by atoms with E-state index in [1.54, 1.807) is 20.5 Å². The molecule has 0 aliphatic rings. The second kappa shape index (κ2) is 8.54. The van der Waals surface area contributed by atoms with E-state index < -0.39 is 0 Å². The van der Waals surface area contributed by atoms with E-state index >= 15 is 0 Å². The fourth-order valence-corrected chi connectivity index (χ4v) is 2.84. The Morgan fingerprint density at radius 2 is 1.73 bits per heavy atom. The lowest BCUT2D eigenvalue weighted by atomic mass is 10.2. The Morgan fingerprint density at radius 1 is 0.962 bits per heavy atom. The van der Waals surface area contributed by atoms with Gasteiger partial charge in [-0.1, -0.05) is 31.2 Å². The van der Waals surface area contributed by atoms with E-state index in [0.29, 0.717) is 5.89 Å². The largest absolute Gasteiger partial charge is 0.493 e. The van der Waals surface area contributed by atoms with E-state index in [-0.39, 0.29) is 0 Å². The van der Waals surface area contributed by atoms with Crippen LogP contribution in [0.5, 0.6) is 11.5 Å². The molecule has 3 aromatic rings. The fraction of sp³-hybridized carbons (Fsp3) is 0.286. The summed E-state index contributed by atoms with van der Waals surface area (Å²) in [5.74, 6) is 2.14. The lowest BCUT2D eigenvalue weighted by Crippen LogP contribution is -2.22. The lowest BCUT2D eigenvalue weighted by molar-refractivity contribution is 0.267. The number of hydrogen-bond donors (Lipinski definition) is 0. The van der Waals surface area contributed by atoms with Gasteiger partial charge in [-0.15, -0.1) is 0 Å². The van der Waals surface area contributed by atoms with Crippen molar-refractivity contribution in [3.63, 3.8) is 0 Å². The molecule has 0 saturated carbocycles. The SMILES string of the molecule is CCN(Cc1ccc(OC)c(OC)c1)Cc1coc(-c2ccccc2)n1. The smallest absolute Gasteiger partial charge is 0.226 e. The normalized spacial score (nSPS) is 10.9. The summed E-state index contributed by atoms with van der Waals surface area (Å²) in [6, 6.07) is 15.9. The van der Waals surface area contributed by atoms with Crippen LogP contribution >= 0.6 is 0 Å². The minimum absolute atomic E-state index is 0.655. The van der Waals surface area contributed by atoms with Crippen molar-refractivity contribution in [1.82, 2.24) is 9.88 Å². The summed E-state index contributed by atoms with van der Waals surface area (Å²) in [7, 11) is 3.30. The van der Waals surface area contributed by atoms with Gasteiger partial charge in [0, 0.05) is 18.7 Å². The topological polar surface area (TPSA) is 47.7 Å². The average molecular weight is 352 g/mol. The molecule has 0 bridgehead atoms. The van der Waals surface area contributed by atoms with E-state index in [1.165, 1.54) is 0 Å². The summed E-state index contributed by atoms with van der Waals surface area (Å²) in [6.45, 7) is 4.56. The van der Waals surface area contributed by atoms with Crippen LogP contribution in [0.1, 0.15) is 18.2 Å². The first-order valence-electron chi connectivity index (χ1n) is 8.66. The van der Waals surface area contributed by atoms with Crippen molar-refractivity contribution in [2.24, 2.45) is 0 Å². The third-order valence-electron chi connectivity index (χ3n) is 4.26. The molecular weight excluding hydrogens is 328 g/mol. The van der Waals surface area contributed by atoms with Gasteiger partial charge in [0.15, 0.2) is 11.5 Å². The van der Waals surface area contributed by atoms with Gasteiger partial charge >= 0.3 is 0 Å². The third kappa shape index (κ3) is 4.24. The van der Waals surface area contributed by atoms with Crippen molar-refractivity contribution >= 4 is 0 Å². The molecule has 1 aromatic heterocycles. The minimum atomic E-state index is 0.655. The molecule has 0 aliphatic heterocycles. The van der Waals surface area contributed by atoms with Gasteiger partial charge in [0.1, 0.15) is 6.26 Å². The van der Waals surface area contributed by atoms with Gasteiger partial charge in [-0.2, -0.15) is 0 Å². The molecule has 2 aromatic carbocycles. The number of rotatable bonds is 8. The number of oxazole rings is 1. The fourth-order valence-electron chi connectivity index (χ4n) is 2.84. The van der Waals surface area contributed by atoms with Crippen molar-refractivity contribution in [2.75, 3.05) is 20.8 Å². The predicted molar refractivity (Wildman–Crippen MR) is 101 cm³/mol. The van der Waals surface area contributed by atoms with Crippen LogP contribution in [0, 0.1) is 0 Å². The van der Waals surface area contributed by atoms with Crippen LogP contribution in [-0.2, 0) is 13.1 Å². The molecule has 0 atom stereocenters. The lowest BCUT2D eigenvalue weighted by Gasteiger charge is -2.20. The Balaban J connectivity index is 1.69. The summed E-state index contributed by atoms with van der Waals surface area (Å²) in [5, 5.41) is 0. The first-order valence-corrected chi connectivity index (χ1v) is 8.66. The van der Waals surface area contributed by atoms with E-state index in [9.17, 15) is 0 Å². The monoisotopic (exact) mass is 352 g/mol. The maximum atomic E-state index is 5.64. The van der Waals surface area contributed by atoms with Crippen molar-refractivity contribution in [1.29, 1.82) is 0 Å². The zero-order chi connectivity index (χ0) is 18.4. The molecule has 0 aliphatic carbocycles. The molecule has 0 saturated heterocycles. The molecule has 5 nitrogen and oxygen atoms in total. The summed E-state index contributed by atoms with van der Waals surface area (Å²) in [5.41, 5.74) is 3.07. The van der Waals surface area contributed by atoms with Crippen LogP contribution in [0.25, 0.3) is 11.5 Å². The molecule has 0 spiro atoms. The molecule has 26 heavy (non-hydrogen) atoms. The van der Waals surface area contributed by atoms with Crippen LogP contribution in [0.4, 0.5) is 0 Å². The highest BCUT2D eigenvalue weighted by atomic mass is 16.5. The van der Waals surface area contributed by atoms with Crippen LogP contribution in [0.15, 0.2) is 59.2 Å². The highest BCUT2D eigenvalue weighted by Crippen LogP contribution is 2.28. The van der Waals surface area contributed by atoms with Crippen molar-refractivity contribution < 1.29 is 13.9 Å². The Bertz CT molecular complexity index is 830. The van der Waals surface area contributed by atoms with Gasteiger partial charge in [0.25, 0.3) is 0 Å². The first-order chi connectivity index (χ1) is 12.7. The van der Waals surface area contributed by atoms with Gasteiger partial charge < -0.3 is 13.9 Å². The zero-order valence-corrected chi connectivity index (χ0v) is 15.4. The summed E-state index contributed by atoms with van der Waals surface area (Å²) in [4.78, 5) is 6.92. The number of benzene rings is 2. The minimum Gasteiger partial charge on any atom is -0.493 e. The van der Waals surface area contributed by atoms with E-state index in [2.05, 4.69) is 22.9 Å². The molecular formula is C21H24N2O3. The highest BCUT2D eigenvalue weighted by molar-refractivity contribution is 5.52. The van der Waals surface area contributed by atoms with Crippen molar-refractivity contribution in [3.8, 4) is 23.0 Å². The Labute approximate surface area is 154 Å². The second-order valence-corrected chi connectivity index (χ2v) is 6.00. The van der Waals surface area contributed by atoms with Crippen LogP contribution in [0.3, 0.4) is 0 Å². The van der Waals surface area contributed by atoms with Gasteiger partial charge in [-0.05, 0) is 36.4 Å². The van der Waals surface area contributed by atoms with Crippen LogP contribution in [0.2, 0.25) is 0 Å². The van der Waals surface area contributed by atoms with Crippen LogP contribution in [-0.4, -0.2) is 30.6 Å². The van der Waals surface area contributed by atoms with Crippen LogP contribution < -0.4 is 9.47 Å². The standard InChI is InChI=1S/C21H24N2O3/c1-4-23(13-16-10-11-19(24-2)20(12-16)25-3)14-18-15-26-21(22-18)17-8-6-5-7-9-17/h5-12,15H,4,13-14H2,1-3H3. The van der Waals surface area contributed by atoms with Gasteiger partial charge in [-0.3, -0.25) is 4.90 Å². The predicted octanol–water partition coefficient (Wildman–Crippen LogP) is 4.38. The molecule has 1 heterocycles. The maximum absolute atomic E-state index is 5.64. The molecule has 5 heteroatoms. The highest BCUT2D eigenvalue weighted by Gasteiger charge is 2.12.